The van der Waals surface area contributed by atoms with E-state index in [9.17, 15) is 15.3 Å². The zero-order valence-electron chi connectivity index (χ0n) is 32.3. The molecule has 1 heterocycles. The number of aliphatic hydroxyl groups is 3. The van der Waals surface area contributed by atoms with Gasteiger partial charge >= 0.3 is 0 Å². The fourth-order valence-electron chi connectivity index (χ4n) is 7.99. The van der Waals surface area contributed by atoms with Gasteiger partial charge in [0.1, 0.15) is 18.7 Å². The Labute approximate surface area is 308 Å². The van der Waals surface area contributed by atoms with Crippen molar-refractivity contribution in [2.45, 2.75) is 141 Å². The molecule has 1 saturated heterocycles. The molecule has 1 aliphatic heterocycles. The molecule has 1 saturated carbocycles. The SMILES string of the molecule is CC(C[C@@H](C)C(C)C(CC(O)NCC[C@H]1CN[C@@H]2CCCC[C@H]2NCCN[C@@H](C)CN[C@H](C)CN1)C[C@H](N)O)C(O)c1cccc(NC(N)N)c1. The summed E-state index contributed by atoms with van der Waals surface area (Å²) in [5, 5.41) is 57.8. The number of hydrogen-bond donors (Lipinski definition) is 13. The van der Waals surface area contributed by atoms with Crippen LogP contribution in [0, 0.1) is 23.7 Å². The second-order valence-electron chi connectivity index (χ2n) is 16.0. The monoisotopic (exact) mass is 721 g/mol. The molecule has 0 bridgehead atoms. The molecular formula is C38H76N10O3. The lowest BCUT2D eigenvalue weighted by Gasteiger charge is -2.35. The van der Waals surface area contributed by atoms with E-state index >= 15 is 0 Å². The minimum absolute atomic E-state index is 0.00295. The normalized spacial score (nSPS) is 28.7. The Balaban J connectivity index is 1.54. The Morgan fingerprint density at radius 2 is 1.45 bits per heavy atom. The molecule has 0 aromatic heterocycles. The number of nitrogens with two attached hydrogens (primary N) is 3. The molecule has 2 aliphatic rings. The first-order valence-electron chi connectivity index (χ1n) is 19.9. The van der Waals surface area contributed by atoms with Gasteiger partial charge in [0.2, 0.25) is 0 Å². The van der Waals surface area contributed by atoms with Crippen LogP contribution in [0.15, 0.2) is 24.3 Å². The van der Waals surface area contributed by atoms with Gasteiger partial charge in [0.05, 0.1) is 6.10 Å². The van der Waals surface area contributed by atoms with E-state index in [2.05, 4.69) is 71.8 Å². The minimum Gasteiger partial charge on any atom is -0.388 e. The smallest absolute Gasteiger partial charge is 0.127 e. The first kappa shape index (κ1) is 43.9. The molecule has 0 radical (unpaired) electrons. The molecule has 0 spiro atoms. The zero-order chi connectivity index (χ0) is 37.3. The lowest BCUT2D eigenvalue weighted by Crippen LogP contribution is -2.54. The number of hydrogen-bond acceptors (Lipinski definition) is 13. The molecular weight excluding hydrogens is 644 g/mol. The Morgan fingerprint density at radius 1 is 0.784 bits per heavy atom. The van der Waals surface area contributed by atoms with Crippen LogP contribution in [0.3, 0.4) is 0 Å². The average Bonchev–Trinajstić information content (AvgIpc) is 3.09. The van der Waals surface area contributed by atoms with E-state index in [1.165, 1.54) is 25.7 Å². The highest BCUT2D eigenvalue weighted by molar-refractivity contribution is 5.46. The van der Waals surface area contributed by atoms with Crippen LogP contribution < -0.4 is 54.4 Å². The van der Waals surface area contributed by atoms with Crippen molar-refractivity contribution in [3.63, 3.8) is 0 Å². The summed E-state index contributed by atoms with van der Waals surface area (Å²) in [7, 11) is 0. The summed E-state index contributed by atoms with van der Waals surface area (Å²) in [6.45, 7) is 16.2. The summed E-state index contributed by atoms with van der Waals surface area (Å²) in [6, 6.07) is 9.52. The number of rotatable bonds is 16. The van der Waals surface area contributed by atoms with Gasteiger partial charge < -0.3 is 53.0 Å². The Kier molecular flexibility index (Phi) is 20.1. The van der Waals surface area contributed by atoms with Gasteiger partial charge in [-0.2, -0.15) is 0 Å². The van der Waals surface area contributed by atoms with E-state index in [0.717, 1.165) is 56.8 Å². The Bertz CT molecular complexity index is 1070. The van der Waals surface area contributed by atoms with Gasteiger partial charge in [-0.3, -0.25) is 16.8 Å². The van der Waals surface area contributed by atoms with E-state index in [4.69, 9.17) is 17.2 Å². The van der Waals surface area contributed by atoms with E-state index < -0.39 is 24.8 Å². The third kappa shape index (κ3) is 16.6. The molecule has 13 nitrogen and oxygen atoms in total. The lowest BCUT2D eigenvalue weighted by molar-refractivity contribution is 0.0461. The van der Waals surface area contributed by atoms with Gasteiger partial charge in [0, 0.05) is 68.6 Å². The van der Waals surface area contributed by atoms with Crippen LogP contribution in [0.5, 0.6) is 0 Å². The largest absolute Gasteiger partial charge is 0.388 e. The maximum atomic E-state index is 11.2. The van der Waals surface area contributed by atoms with Gasteiger partial charge in [0.25, 0.3) is 0 Å². The molecule has 1 aromatic rings. The molecule has 13 heteroatoms. The summed E-state index contributed by atoms with van der Waals surface area (Å²) in [6.07, 6.45) is 4.48. The number of aliphatic hydroxyl groups excluding tert-OH is 3. The van der Waals surface area contributed by atoms with Gasteiger partial charge in [-0.15, -0.1) is 0 Å². The second kappa shape index (κ2) is 23.4. The van der Waals surface area contributed by atoms with Crippen LogP contribution in [0.1, 0.15) is 97.7 Å². The van der Waals surface area contributed by atoms with Crippen LogP contribution in [0.25, 0.3) is 0 Å². The number of anilines is 1. The molecule has 1 aromatic carbocycles. The minimum atomic E-state index is -0.958. The van der Waals surface area contributed by atoms with Crippen molar-refractivity contribution in [2.75, 3.05) is 44.6 Å². The highest BCUT2D eigenvalue weighted by Crippen LogP contribution is 2.35. The third-order valence-electron chi connectivity index (χ3n) is 11.3. The van der Waals surface area contributed by atoms with Gasteiger partial charge in [-0.25, -0.2) is 0 Å². The second-order valence-corrected chi connectivity index (χ2v) is 16.0. The fraction of sp³-hybridized carbons (Fsp3) is 0.842. The summed E-state index contributed by atoms with van der Waals surface area (Å²) in [4.78, 5) is 0. The molecule has 5 unspecified atom stereocenters. The van der Waals surface area contributed by atoms with Gasteiger partial charge in [0.15, 0.2) is 0 Å². The number of benzene rings is 1. The summed E-state index contributed by atoms with van der Waals surface area (Å²) < 4.78 is 0. The topological polar surface area (TPSA) is 223 Å². The van der Waals surface area contributed by atoms with Crippen molar-refractivity contribution in [2.24, 2.45) is 40.9 Å². The predicted molar refractivity (Wildman–Crippen MR) is 210 cm³/mol. The van der Waals surface area contributed by atoms with Crippen molar-refractivity contribution in [1.29, 1.82) is 0 Å². The van der Waals surface area contributed by atoms with Crippen LogP contribution in [0.2, 0.25) is 0 Å². The Hall–Kier alpha value is -1.46. The summed E-state index contributed by atoms with van der Waals surface area (Å²) >= 11 is 0. The Morgan fingerprint density at radius 3 is 2.16 bits per heavy atom. The van der Waals surface area contributed by atoms with Crippen LogP contribution in [0.4, 0.5) is 5.69 Å². The van der Waals surface area contributed by atoms with Crippen molar-refractivity contribution < 1.29 is 15.3 Å². The van der Waals surface area contributed by atoms with Crippen molar-refractivity contribution in [3.05, 3.63) is 29.8 Å². The van der Waals surface area contributed by atoms with E-state index in [-0.39, 0.29) is 29.7 Å². The maximum absolute atomic E-state index is 11.2. The molecule has 0 amide bonds. The standard InChI is InChI=1S/C38H76N10O3/c1-24(17-25(2)37(51)29-9-8-10-31(18-29)48-38(40)41)28(5)30(19-35(39)49)20-36(50)44-14-13-32-23-47-34-12-7-6-11-33(34)43-16-15-42-26(3)21-45-27(4)22-46-32/h8-10,18,24-28,30,32-38,42-51H,6-7,11-17,19-23,39-41H2,1-5H3/t24-,25?,26+,27-,28?,30?,32+,33-,34-,35-,36?,37?/m1/s1. The molecule has 51 heavy (non-hydrogen) atoms. The molecule has 12 atom stereocenters. The molecule has 1 aliphatic carbocycles. The number of fused-ring (bicyclic) bond motifs is 1. The highest BCUT2D eigenvalue weighted by Gasteiger charge is 2.30. The fourth-order valence-corrected chi connectivity index (χ4v) is 7.99. The highest BCUT2D eigenvalue weighted by atomic mass is 16.3. The van der Waals surface area contributed by atoms with Crippen LogP contribution in [-0.2, 0) is 0 Å². The van der Waals surface area contributed by atoms with Gasteiger partial charge in [-0.1, -0.05) is 45.7 Å². The summed E-state index contributed by atoms with van der Waals surface area (Å²) in [5.41, 5.74) is 18.8. The summed E-state index contributed by atoms with van der Waals surface area (Å²) in [5.74, 6) is 0.374. The average molecular weight is 721 g/mol. The first-order chi connectivity index (χ1) is 24.3. The van der Waals surface area contributed by atoms with E-state index in [1.54, 1.807) is 0 Å². The quantitative estimate of drug-likeness (QED) is 0.107. The van der Waals surface area contributed by atoms with E-state index in [0.29, 0.717) is 43.6 Å². The molecule has 16 N–H and O–H groups in total. The third-order valence-corrected chi connectivity index (χ3v) is 11.3. The van der Waals surface area contributed by atoms with E-state index in [1.807, 2.05) is 24.3 Å². The molecule has 2 fully saturated rings. The van der Waals surface area contributed by atoms with Crippen molar-refractivity contribution in [1.82, 2.24) is 31.9 Å². The first-order valence-corrected chi connectivity index (χ1v) is 19.9. The molecule has 296 valence electrons. The number of nitrogens with one attached hydrogen (secondary N) is 7. The predicted octanol–water partition coefficient (Wildman–Crippen LogP) is 1.02. The zero-order valence-corrected chi connectivity index (χ0v) is 32.3. The maximum Gasteiger partial charge on any atom is 0.127 e. The lowest BCUT2D eigenvalue weighted by atomic mass is 9.75. The van der Waals surface area contributed by atoms with Gasteiger partial charge in [-0.05, 0) is 100 Å². The van der Waals surface area contributed by atoms with Crippen LogP contribution >= 0.6 is 0 Å². The van der Waals surface area contributed by atoms with Crippen molar-refractivity contribution >= 4 is 5.69 Å². The van der Waals surface area contributed by atoms with Crippen molar-refractivity contribution in [3.8, 4) is 0 Å². The van der Waals surface area contributed by atoms with Crippen LogP contribution in [-0.4, -0.2) is 104 Å². The molecule has 3 rings (SSSR count).